The molecule has 0 radical (unpaired) electrons. The number of allylic oxidation sites excluding steroid dienone is 2. The summed E-state index contributed by atoms with van der Waals surface area (Å²) < 4.78 is 1.30. The zero-order valence-corrected chi connectivity index (χ0v) is 10.4. The van der Waals surface area contributed by atoms with E-state index in [4.69, 9.17) is 0 Å². The summed E-state index contributed by atoms with van der Waals surface area (Å²) in [5, 5.41) is 15.2. The average Bonchev–Trinajstić information content (AvgIpc) is 2.67. The number of carboxylic acid groups (broad SMARTS) is 1. The number of rotatable bonds is 2. The molecular weight excluding hydrogens is 232 g/mol. The fourth-order valence-electron chi connectivity index (χ4n) is 2.36. The lowest BCUT2D eigenvalue weighted by atomic mass is 9.82. The lowest BCUT2D eigenvalue weighted by molar-refractivity contribution is -0.312. The molecule has 5 heteroatoms. The molecule has 1 aliphatic rings. The lowest BCUT2D eigenvalue weighted by Crippen LogP contribution is -2.41. The first-order valence-corrected chi connectivity index (χ1v) is 5.94. The largest absolute Gasteiger partial charge is 0.550 e. The van der Waals surface area contributed by atoms with Crippen LogP contribution in [0.4, 0.5) is 0 Å². The van der Waals surface area contributed by atoms with Gasteiger partial charge in [-0.05, 0) is 32.8 Å². The van der Waals surface area contributed by atoms with Crippen molar-refractivity contribution in [2.24, 2.45) is 11.8 Å². The van der Waals surface area contributed by atoms with Crippen LogP contribution in [0, 0.1) is 25.7 Å². The fourth-order valence-corrected chi connectivity index (χ4v) is 2.36. The maximum atomic E-state index is 12.3. The summed E-state index contributed by atoms with van der Waals surface area (Å²) in [4.78, 5) is 23.4. The Hall–Kier alpha value is -1.91. The molecule has 1 heterocycles. The Morgan fingerprint density at radius 3 is 2.39 bits per heavy atom. The second-order valence-electron chi connectivity index (χ2n) is 4.65. The Balaban J connectivity index is 2.30. The Morgan fingerprint density at radius 1 is 1.28 bits per heavy atom. The molecule has 2 atom stereocenters. The Labute approximate surface area is 105 Å². The zero-order valence-electron chi connectivity index (χ0n) is 10.4. The molecule has 1 aliphatic carbocycles. The second kappa shape index (κ2) is 4.76. The van der Waals surface area contributed by atoms with E-state index in [1.165, 1.54) is 4.68 Å². The average molecular weight is 247 g/mol. The Bertz CT molecular complexity index is 516. The maximum absolute atomic E-state index is 12.3. The van der Waals surface area contributed by atoms with Crippen molar-refractivity contribution in [3.8, 4) is 0 Å². The zero-order chi connectivity index (χ0) is 13.3. The molecular formula is C13H15N2O3-. The predicted octanol–water partition coefficient (Wildman–Crippen LogP) is 0.472. The summed E-state index contributed by atoms with van der Waals surface area (Å²) in [5.41, 5.74) is 1.47. The van der Waals surface area contributed by atoms with Gasteiger partial charge in [-0.25, -0.2) is 4.68 Å². The number of hydrogen-bond acceptors (Lipinski definition) is 4. The molecule has 0 amide bonds. The van der Waals surface area contributed by atoms with Crippen LogP contribution in [-0.2, 0) is 4.79 Å². The quantitative estimate of drug-likeness (QED) is 0.712. The number of carbonyl (C=O) groups excluding carboxylic acids is 2. The van der Waals surface area contributed by atoms with Crippen LogP contribution in [0.5, 0.6) is 0 Å². The number of aliphatic carboxylic acids is 1. The van der Waals surface area contributed by atoms with Crippen molar-refractivity contribution in [2.75, 3.05) is 0 Å². The SMILES string of the molecule is Cc1cc(C)n(C(=O)[C@@H]2CC=CC[C@@H]2C(=O)[O-])n1. The van der Waals surface area contributed by atoms with E-state index in [0.29, 0.717) is 12.8 Å². The van der Waals surface area contributed by atoms with Crippen LogP contribution in [0.25, 0.3) is 0 Å². The molecule has 0 fully saturated rings. The molecule has 0 unspecified atom stereocenters. The van der Waals surface area contributed by atoms with Gasteiger partial charge in [-0.3, -0.25) is 4.79 Å². The van der Waals surface area contributed by atoms with Gasteiger partial charge in [0.25, 0.3) is 5.91 Å². The molecule has 0 aromatic carbocycles. The third kappa shape index (κ3) is 2.20. The smallest absolute Gasteiger partial charge is 0.251 e. The molecule has 0 bridgehead atoms. The number of carboxylic acids is 1. The van der Waals surface area contributed by atoms with Crippen molar-refractivity contribution in [3.63, 3.8) is 0 Å². The molecule has 0 aliphatic heterocycles. The summed E-state index contributed by atoms with van der Waals surface area (Å²) in [7, 11) is 0. The number of hydrogen-bond donors (Lipinski definition) is 0. The van der Waals surface area contributed by atoms with E-state index in [9.17, 15) is 14.7 Å². The minimum absolute atomic E-state index is 0.265. The van der Waals surface area contributed by atoms with Crippen molar-refractivity contribution < 1.29 is 14.7 Å². The standard InChI is InChI=1S/C13H16N2O3/c1-8-7-9(2)15(14-8)12(16)10-5-3-4-6-11(10)13(17)18/h3-4,7,10-11H,5-6H2,1-2H3,(H,17,18)/p-1/t10-,11+/m1/s1. The van der Waals surface area contributed by atoms with Crippen molar-refractivity contribution in [2.45, 2.75) is 26.7 Å². The summed E-state index contributed by atoms with van der Waals surface area (Å²) in [6.45, 7) is 3.58. The first kappa shape index (κ1) is 12.5. The van der Waals surface area contributed by atoms with Gasteiger partial charge in [0.05, 0.1) is 11.6 Å². The molecule has 0 saturated heterocycles. The van der Waals surface area contributed by atoms with Gasteiger partial charge in [0.1, 0.15) is 0 Å². The third-order valence-electron chi connectivity index (χ3n) is 3.27. The van der Waals surface area contributed by atoms with Crippen LogP contribution in [0.15, 0.2) is 18.2 Å². The Kier molecular flexibility index (Phi) is 3.32. The molecule has 0 spiro atoms. The first-order valence-electron chi connectivity index (χ1n) is 5.94. The highest BCUT2D eigenvalue weighted by molar-refractivity contribution is 5.86. The normalized spacial score (nSPS) is 23.0. The third-order valence-corrected chi connectivity index (χ3v) is 3.27. The minimum atomic E-state index is -1.17. The highest BCUT2D eigenvalue weighted by Crippen LogP contribution is 2.27. The first-order chi connectivity index (χ1) is 8.50. The van der Waals surface area contributed by atoms with Crippen LogP contribution < -0.4 is 5.11 Å². The minimum Gasteiger partial charge on any atom is -0.550 e. The van der Waals surface area contributed by atoms with Gasteiger partial charge >= 0.3 is 0 Å². The summed E-state index contributed by atoms with van der Waals surface area (Å²) >= 11 is 0. The second-order valence-corrected chi connectivity index (χ2v) is 4.65. The Morgan fingerprint density at radius 2 is 1.89 bits per heavy atom. The van der Waals surface area contributed by atoms with Gasteiger partial charge < -0.3 is 9.90 Å². The topological polar surface area (TPSA) is 75.0 Å². The van der Waals surface area contributed by atoms with Crippen LogP contribution in [0.1, 0.15) is 29.0 Å². The van der Waals surface area contributed by atoms with E-state index in [1.807, 2.05) is 6.08 Å². The number of nitrogens with zero attached hydrogens (tertiary/aromatic N) is 2. The van der Waals surface area contributed by atoms with Gasteiger partial charge in [0.2, 0.25) is 0 Å². The highest BCUT2D eigenvalue weighted by atomic mass is 16.4. The van der Waals surface area contributed by atoms with E-state index in [-0.39, 0.29) is 5.91 Å². The summed E-state index contributed by atoms with van der Waals surface area (Å²) in [6.07, 6.45) is 4.40. The van der Waals surface area contributed by atoms with Gasteiger partial charge in [0.15, 0.2) is 0 Å². The van der Waals surface area contributed by atoms with E-state index >= 15 is 0 Å². The van der Waals surface area contributed by atoms with Crippen LogP contribution in [0.2, 0.25) is 0 Å². The predicted molar refractivity (Wildman–Crippen MR) is 62.7 cm³/mol. The van der Waals surface area contributed by atoms with Crippen LogP contribution in [-0.4, -0.2) is 21.7 Å². The van der Waals surface area contributed by atoms with E-state index in [0.717, 1.165) is 11.4 Å². The van der Waals surface area contributed by atoms with E-state index in [1.54, 1.807) is 26.0 Å². The molecule has 18 heavy (non-hydrogen) atoms. The van der Waals surface area contributed by atoms with Gasteiger partial charge in [0, 0.05) is 17.6 Å². The van der Waals surface area contributed by atoms with Gasteiger partial charge in [-0.2, -0.15) is 5.10 Å². The number of aromatic nitrogens is 2. The van der Waals surface area contributed by atoms with Gasteiger partial charge in [-0.1, -0.05) is 12.2 Å². The van der Waals surface area contributed by atoms with Crippen molar-refractivity contribution in [1.29, 1.82) is 0 Å². The van der Waals surface area contributed by atoms with Crippen molar-refractivity contribution in [1.82, 2.24) is 9.78 Å². The number of aryl methyl sites for hydroxylation is 2. The molecule has 1 aromatic heterocycles. The molecule has 1 aromatic rings. The van der Waals surface area contributed by atoms with Gasteiger partial charge in [-0.15, -0.1) is 0 Å². The molecule has 2 rings (SSSR count). The van der Waals surface area contributed by atoms with Crippen molar-refractivity contribution >= 4 is 11.9 Å². The summed E-state index contributed by atoms with van der Waals surface area (Å²) in [5.74, 6) is -2.78. The van der Waals surface area contributed by atoms with Crippen LogP contribution >= 0.6 is 0 Å². The van der Waals surface area contributed by atoms with E-state index < -0.39 is 17.8 Å². The summed E-state index contributed by atoms with van der Waals surface area (Å²) in [6, 6.07) is 1.80. The molecule has 0 N–H and O–H groups in total. The molecule has 96 valence electrons. The molecule has 5 nitrogen and oxygen atoms in total. The maximum Gasteiger partial charge on any atom is 0.251 e. The van der Waals surface area contributed by atoms with E-state index in [2.05, 4.69) is 5.10 Å². The monoisotopic (exact) mass is 247 g/mol. The fraction of sp³-hybridized carbons (Fsp3) is 0.462. The number of carbonyl (C=O) groups is 2. The molecule has 0 saturated carbocycles. The highest BCUT2D eigenvalue weighted by Gasteiger charge is 2.31. The lowest BCUT2D eigenvalue weighted by Gasteiger charge is -2.27. The van der Waals surface area contributed by atoms with Crippen molar-refractivity contribution in [3.05, 3.63) is 29.6 Å². The van der Waals surface area contributed by atoms with Crippen LogP contribution in [0.3, 0.4) is 0 Å².